The second-order valence-electron chi connectivity index (χ2n) is 9.13. The van der Waals surface area contributed by atoms with E-state index in [0.717, 1.165) is 17.3 Å². The maximum Gasteiger partial charge on any atom is 0.414 e. The molecule has 30 heavy (non-hydrogen) atoms. The zero-order valence-corrected chi connectivity index (χ0v) is 18.5. The standard InChI is InChI=1S/C24H29ClFN2O2/c1-27(22-9-5-8-21(26)23(22)17-6-4-7-18(25)14-17)24(29)30-15-16-12-19-10-11-20(13-16)28(19,2)3/h4-9,14,16,19-20H,10-13,15H2,1-3H3/q+1/t16?,19-,20+. The molecule has 0 radical (unpaired) electrons. The van der Waals surface area contributed by atoms with Crippen LogP contribution in [0.5, 0.6) is 0 Å². The molecule has 2 aliphatic heterocycles. The molecule has 2 bridgehead atoms. The van der Waals surface area contributed by atoms with Crippen molar-refractivity contribution < 1.29 is 18.4 Å². The summed E-state index contributed by atoms with van der Waals surface area (Å²) >= 11 is 6.10. The maximum atomic E-state index is 14.7. The van der Waals surface area contributed by atoms with Crippen molar-refractivity contribution in [3.8, 4) is 11.1 Å². The summed E-state index contributed by atoms with van der Waals surface area (Å²) in [6.45, 7) is 0.415. The van der Waals surface area contributed by atoms with Crippen LogP contribution in [0.3, 0.4) is 0 Å². The van der Waals surface area contributed by atoms with Gasteiger partial charge in [0.05, 0.1) is 38.5 Å². The minimum atomic E-state index is -0.462. The summed E-state index contributed by atoms with van der Waals surface area (Å²) in [4.78, 5) is 14.2. The van der Waals surface area contributed by atoms with E-state index in [1.807, 2.05) is 0 Å². The Hall–Kier alpha value is -2.11. The lowest BCUT2D eigenvalue weighted by Gasteiger charge is -2.44. The highest BCUT2D eigenvalue weighted by atomic mass is 35.5. The molecule has 3 atom stereocenters. The fourth-order valence-electron chi connectivity index (χ4n) is 5.24. The van der Waals surface area contributed by atoms with Crippen LogP contribution in [0.1, 0.15) is 25.7 Å². The number of carbonyl (C=O) groups excluding carboxylic acids is 1. The van der Waals surface area contributed by atoms with Crippen LogP contribution in [-0.2, 0) is 4.74 Å². The van der Waals surface area contributed by atoms with Gasteiger partial charge in [0, 0.05) is 49.2 Å². The van der Waals surface area contributed by atoms with E-state index in [9.17, 15) is 9.18 Å². The van der Waals surface area contributed by atoms with Crippen molar-refractivity contribution in [3.63, 3.8) is 0 Å². The molecule has 0 spiro atoms. The second-order valence-corrected chi connectivity index (χ2v) is 9.57. The number of amides is 1. The Morgan fingerprint density at radius 1 is 1.17 bits per heavy atom. The predicted molar refractivity (Wildman–Crippen MR) is 118 cm³/mol. The van der Waals surface area contributed by atoms with Crippen molar-refractivity contribution in [2.75, 3.05) is 32.6 Å². The number of benzene rings is 2. The first kappa shape index (κ1) is 21.1. The smallest absolute Gasteiger partial charge is 0.414 e. The Morgan fingerprint density at radius 2 is 1.83 bits per heavy atom. The Kier molecular flexibility index (Phi) is 5.78. The van der Waals surface area contributed by atoms with E-state index in [4.69, 9.17) is 16.3 Å². The van der Waals surface area contributed by atoms with E-state index >= 15 is 0 Å². The highest BCUT2D eigenvalue weighted by Gasteiger charge is 2.48. The van der Waals surface area contributed by atoms with Crippen LogP contribution < -0.4 is 4.90 Å². The van der Waals surface area contributed by atoms with Gasteiger partial charge < -0.3 is 9.22 Å². The van der Waals surface area contributed by atoms with Gasteiger partial charge in [-0.1, -0.05) is 29.8 Å². The van der Waals surface area contributed by atoms with Crippen LogP contribution in [0, 0.1) is 11.7 Å². The average Bonchev–Trinajstić information content (AvgIpc) is 2.87. The minimum Gasteiger partial charge on any atom is -0.449 e. The van der Waals surface area contributed by atoms with Gasteiger partial charge in [0.1, 0.15) is 5.82 Å². The largest absolute Gasteiger partial charge is 0.449 e. The molecule has 0 aliphatic carbocycles. The fraction of sp³-hybridized carbons (Fsp3) is 0.458. The highest BCUT2D eigenvalue weighted by Crippen LogP contribution is 2.42. The monoisotopic (exact) mass is 431 g/mol. The molecule has 2 aromatic carbocycles. The lowest BCUT2D eigenvalue weighted by molar-refractivity contribution is -0.931. The molecule has 2 fully saturated rings. The molecular weight excluding hydrogens is 403 g/mol. The number of nitrogens with zero attached hydrogens (tertiary/aromatic N) is 2. The Morgan fingerprint density at radius 3 is 2.50 bits per heavy atom. The first-order chi connectivity index (χ1) is 14.3. The van der Waals surface area contributed by atoms with Gasteiger partial charge in [0.25, 0.3) is 0 Å². The van der Waals surface area contributed by atoms with Crippen LogP contribution in [0.25, 0.3) is 11.1 Å². The normalized spacial score (nSPS) is 24.5. The Labute approximate surface area is 182 Å². The lowest BCUT2D eigenvalue weighted by Crippen LogP contribution is -2.55. The van der Waals surface area contributed by atoms with Crippen LogP contribution in [0.4, 0.5) is 14.9 Å². The second kappa shape index (κ2) is 8.20. The summed E-state index contributed by atoms with van der Waals surface area (Å²) in [5.74, 6) is -0.0100. The van der Waals surface area contributed by atoms with Crippen LogP contribution >= 0.6 is 11.6 Å². The molecule has 160 valence electrons. The number of rotatable bonds is 4. The van der Waals surface area contributed by atoms with E-state index in [2.05, 4.69) is 14.1 Å². The molecule has 4 nitrogen and oxygen atoms in total. The van der Waals surface area contributed by atoms with Gasteiger partial charge in [-0.3, -0.25) is 4.90 Å². The van der Waals surface area contributed by atoms with Crippen LogP contribution in [0.15, 0.2) is 42.5 Å². The quantitative estimate of drug-likeness (QED) is 0.578. The zero-order chi connectivity index (χ0) is 21.5. The number of halogens is 2. The van der Waals surface area contributed by atoms with Crippen molar-refractivity contribution in [1.82, 2.24) is 0 Å². The molecule has 2 saturated heterocycles. The molecule has 0 saturated carbocycles. The molecule has 2 aromatic rings. The number of hydrogen-bond donors (Lipinski definition) is 0. The SMILES string of the molecule is CN(C(=O)OCC1C[C@H]2CC[C@@H](C1)[N+]2(C)C)c1cccc(F)c1-c1cccc(Cl)c1. The molecule has 1 amide bonds. The van der Waals surface area contributed by atoms with E-state index < -0.39 is 11.9 Å². The number of ether oxygens (including phenoxy) is 1. The molecule has 0 N–H and O–H groups in total. The van der Waals surface area contributed by atoms with Gasteiger partial charge in [-0.25, -0.2) is 9.18 Å². The third-order valence-electron chi connectivity index (χ3n) is 7.11. The summed E-state index contributed by atoms with van der Waals surface area (Å²) in [6, 6.07) is 13.0. The van der Waals surface area contributed by atoms with Gasteiger partial charge >= 0.3 is 6.09 Å². The number of piperidine rings is 1. The molecule has 0 aromatic heterocycles. The first-order valence-electron chi connectivity index (χ1n) is 10.6. The number of quaternary nitrogens is 1. The Bertz CT molecular complexity index is 933. The summed E-state index contributed by atoms with van der Waals surface area (Å²) in [6.07, 6.45) is 4.24. The van der Waals surface area contributed by atoms with Crippen molar-refractivity contribution in [3.05, 3.63) is 53.3 Å². The third kappa shape index (κ3) is 3.93. The molecular formula is C24H29ClFN2O2+. The van der Waals surface area contributed by atoms with E-state index in [-0.39, 0.29) is 0 Å². The molecule has 2 heterocycles. The van der Waals surface area contributed by atoms with Gasteiger partial charge in [-0.05, 0) is 29.8 Å². The van der Waals surface area contributed by atoms with Gasteiger partial charge in [-0.2, -0.15) is 0 Å². The number of anilines is 1. The summed E-state index contributed by atoms with van der Waals surface area (Å²) in [5, 5.41) is 0.514. The molecule has 2 aliphatic rings. The van der Waals surface area contributed by atoms with Crippen molar-refractivity contribution in [2.45, 2.75) is 37.8 Å². The van der Waals surface area contributed by atoms with E-state index in [0.29, 0.717) is 46.4 Å². The first-order valence-corrected chi connectivity index (χ1v) is 10.9. The topological polar surface area (TPSA) is 29.5 Å². The van der Waals surface area contributed by atoms with Gasteiger partial charge in [0.15, 0.2) is 0 Å². The van der Waals surface area contributed by atoms with Crippen LogP contribution in [-0.4, -0.2) is 50.4 Å². The summed E-state index contributed by atoms with van der Waals surface area (Å²) in [7, 11) is 6.26. The van der Waals surface area contributed by atoms with Crippen LogP contribution in [0.2, 0.25) is 5.02 Å². The van der Waals surface area contributed by atoms with Crippen molar-refractivity contribution >= 4 is 23.4 Å². The van der Waals surface area contributed by atoms with E-state index in [1.165, 1.54) is 23.8 Å². The minimum absolute atomic E-state index is 0.342. The third-order valence-corrected chi connectivity index (χ3v) is 7.34. The van der Waals surface area contributed by atoms with Crippen molar-refractivity contribution in [2.24, 2.45) is 5.92 Å². The van der Waals surface area contributed by atoms with Crippen molar-refractivity contribution in [1.29, 1.82) is 0 Å². The molecule has 4 rings (SSSR count). The highest BCUT2D eigenvalue weighted by molar-refractivity contribution is 6.30. The lowest BCUT2D eigenvalue weighted by atomic mass is 9.90. The number of hydrogen-bond acceptors (Lipinski definition) is 2. The summed E-state index contributed by atoms with van der Waals surface area (Å²) < 4.78 is 21.5. The average molecular weight is 432 g/mol. The molecule has 6 heteroatoms. The predicted octanol–water partition coefficient (Wildman–Crippen LogP) is 5.74. The van der Waals surface area contributed by atoms with Gasteiger partial charge in [0.2, 0.25) is 0 Å². The molecule has 1 unspecified atom stereocenters. The maximum absolute atomic E-state index is 14.7. The zero-order valence-electron chi connectivity index (χ0n) is 17.8. The Balaban J connectivity index is 1.47. The number of fused-ring (bicyclic) bond motifs is 2. The summed E-state index contributed by atoms with van der Waals surface area (Å²) in [5.41, 5.74) is 1.43. The number of carbonyl (C=O) groups is 1. The fourth-order valence-corrected chi connectivity index (χ4v) is 5.43. The van der Waals surface area contributed by atoms with Gasteiger partial charge in [-0.15, -0.1) is 0 Å². The van der Waals surface area contributed by atoms with E-state index in [1.54, 1.807) is 43.4 Å².